The van der Waals surface area contributed by atoms with E-state index in [1.807, 2.05) is 31.2 Å². The van der Waals surface area contributed by atoms with Gasteiger partial charge in [0.25, 0.3) is 0 Å². The van der Waals surface area contributed by atoms with E-state index in [-0.39, 0.29) is 11.9 Å². The summed E-state index contributed by atoms with van der Waals surface area (Å²) in [5.41, 5.74) is 0.712. The number of anilines is 1. The number of carbonyl (C=O) groups is 1. The maximum absolute atomic E-state index is 12.4. The SMILES string of the molecule is CCOCCOc1ccccc1NC(=O)C1CCCC(C)N1. The molecule has 1 aliphatic rings. The minimum absolute atomic E-state index is 0.00686. The van der Waals surface area contributed by atoms with Gasteiger partial charge in [-0.1, -0.05) is 12.1 Å². The van der Waals surface area contributed by atoms with Crippen LogP contribution in [0.3, 0.4) is 0 Å². The Balaban J connectivity index is 1.92. The normalized spacial score (nSPS) is 21.4. The third kappa shape index (κ3) is 5.00. The van der Waals surface area contributed by atoms with E-state index < -0.39 is 0 Å². The molecule has 1 amide bonds. The molecule has 2 rings (SSSR count). The highest BCUT2D eigenvalue weighted by atomic mass is 16.5. The molecular formula is C17H26N2O3. The molecule has 2 unspecified atom stereocenters. The zero-order valence-electron chi connectivity index (χ0n) is 13.4. The molecule has 5 heteroatoms. The fraction of sp³-hybridized carbons (Fsp3) is 0.588. The second-order valence-corrected chi connectivity index (χ2v) is 5.58. The van der Waals surface area contributed by atoms with Crippen molar-refractivity contribution in [2.24, 2.45) is 0 Å². The van der Waals surface area contributed by atoms with Crippen molar-refractivity contribution in [3.05, 3.63) is 24.3 Å². The summed E-state index contributed by atoms with van der Waals surface area (Å²) < 4.78 is 10.9. The Morgan fingerprint density at radius 1 is 1.32 bits per heavy atom. The highest BCUT2D eigenvalue weighted by Gasteiger charge is 2.24. The molecule has 2 N–H and O–H groups in total. The molecule has 2 atom stereocenters. The second-order valence-electron chi connectivity index (χ2n) is 5.58. The molecule has 1 aromatic carbocycles. The number of benzene rings is 1. The molecule has 1 aliphatic heterocycles. The highest BCUT2D eigenvalue weighted by Crippen LogP contribution is 2.24. The van der Waals surface area contributed by atoms with Gasteiger partial charge in [0, 0.05) is 12.6 Å². The van der Waals surface area contributed by atoms with Gasteiger partial charge in [-0.05, 0) is 45.2 Å². The zero-order chi connectivity index (χ0) is 15.8. The lowest BCUT2D eigenvalue weighted by Gasteiger charge is -2.28. The number of ether oxygens (including phenoxy) is 2. The zero-order valence-corrected chi connectivity index (χ0v) is 13.4. The van der Waals surface area contributed by atoms with E-state index in [1.54, 1.807) is 0 Å². The topological polar surface area (TPSA) is 59.6 Å². The third-order valence-electron chi connectivity index (χ3n) is 3.77. The molecule has 122 valence electrons. The van der Waals surface area contributed by atoms with E-state index in [1.165, 1.54) is 0 Å². The van der Waals surface area contributed by atoms with Crippen molar-refractivity contribution >= 4 is 11.6 Å². The fourth-order valence-corrected chi connectivity index (χ4v) is 2.62. The van der Waals surface area contributed by atoms with Crippen LogP contribution in [0.25, 0.3) is 0 Å². The quantitative estimate of drug-likeness (QED) is 0.760. The Bertz CT molecular complexity index is 479. The number of carbonyl (C=O) groups excluding carboxylic acids is 1. The van der Waals surface area contributed by atoms with Crippen LogP contribution in [0, 0.1) is 0 Å². The first-order chi connectivity index (χ1) is 10.7. The standard InChI is InChI=1S/C17H26N2O3/c1-3-21-11-12-22-16-10-5-4-8-14(16)19-17(20)15-9-6-7-13(2)18-15/h4-5,8,10,13,15,18H,3,6-7,9,11-12H2,1-2H3,(H,19,20). The van der Waals surface area contributed by atoms with Crippen LogP contribution >= 0.6 is 0 Å². The van der Waals surface area contributed by atoms with Gasteiger partial charge in [-0.3, -0.25) is 4.79 Å². The minimum Gasteiger partial charge on any atom is -0.489 e. The largest absolute Gasteiger partial charge is 0.489 e. The smallest absolute Gasteiger partial charge is 0.241 e. The Kier molecular flexibility index (Phi) is 6.68. The van der Waals surface area contributed by atoms with Crippen LogP contribution in [-0.4, -0.2) is 37.8 Å². The summed E-state index contributed by atoms with van der Waals surface area (Å²) in [7, 11) is 0. The van der Waals surface area contributed by atoms with Crippen molar-refractivity contribution in [1.29, 1.82) is 0 Å². The van der Waals surface area contributed by atoms with Gasteiger partial charge < -0.3 is 20.1 Å². The number of hydrogen-bond donors (Lipinski definition) is 2. The average Bonchev–Trinajstić information content (AvgIpc) is 2.53. The second kappa shape index (κ2) is 8.76. The first-order valence-corrected chi connectivity index (χ1v) is 8.07. The third-order valence-corrected chi connectivity index (χ3v) is 3.77. The van der Waals surface area contributed by atoms with Crippen molar-refractivity contribution in [2.45, 2.75) is 45.2 Å². The van der Waals surface area contributed by atoms with Crippen LogP contribution in [-0.2, 0) is 9.53 Å². The molecule has 1 aromatic rings. The van der Waals surface area contributed by atoms with Crippen LogP contribution in [0.4, 0.5) is 5.69 Å². The van der Waals surface area contributed by atoms with E-state index in [4.69, 9.17) is 9.47 Å². The summed E-state index contributed by atoms with van der Waals surface area (Å²) in [4.78, 5) is 12.4. The van der Waals surface area contributed by atoms with Crippen molar-refractivity contribution in [2.75, 3.05) is 25.1 Å². The van der Waals surface area contributed by atoms with Gasteiger partial charge in [0.2, 0.25) is 5.91 Å². The molecule has 0 saturated carbocycles. The first kappa shape index (κ1) is 16.8. The van der Waals surface area contributed by atoms with Crippen molar-refractivity contribution < 1.29 is 14.3 Å². The number of piperidine rings is 1. The van der Waals surface area contributed by atoms with Crippen molar-refractivity contribution in [3.63, 3.8) is 0 Å². The summed E-state index contributed by atoms with van der Waals surface area (Å²) in [5, 5.41) is 6.32. The predicted octanol–water partition coefficient (Wildman–Crippen LogP) is 2.57. The van der Waals surface area contributed by atoms with Crippen LogP contribution in [0.15, 0.2) is 24.3 Å². The van der Waals surface area contributed by atoms with Crippen LogP contribution in [0.5, 0.6) is 5.75 Å². The number of rotatable bonds is 7. The lowest BCUT2D eigenvalue weighted by atomic mass is 9.99. The molecule has 1 fully saturated rings. The molecule has 0 aromatic heterocycles. The lowest BCUT2D eigenvalue weighted by molar-refractivity contribution is -0.118. The highest BCUT2D eigenvalue weighted by molar-refractivity contribution is 5.96. The summed E-state index contributed by atoms with van der Waals surface area (Å²) in [6.45, 7) is 5.75. The summed E-state index contributed by atoms with van der Waals surface area (Å²) in [5.74, 6) is 0.687. The van der Waals surface area contributed by atoms with Crippen molar-refractivity contribution in [1.82, 2.24) is 5.32 Å². The van der Waals surface area contributed by atoms with Gasteiger partial charge in [-0.2, -0.15) is 0 Å². The number of hydrogen-bond acceptors (Lipinski definition) is 4. The molecule has 22 heavy (non-hydrogen) atoms. The van der Waals surface area contributed by atoms with Crippen LogP contribution < -0.4 is 15.4 Å². The maximum atomic E-state index is 12.4. The maximum Gasteiger partial charge on any atom is 0.241 e. The summed E-state index contributed by atoms with van der Waals surface area (Å²) in [6.07, 6.45) is 3.09. The fourth-order valence-electron chi connectivity index (χ4n) is 2.62. The Morgan fingerprint density at radius 3 is 2.91 bits per heavy atom. The molecule has 1 heterocycles. The first-order valence-electron chi connectivity index (χ1n) is 8.07. The number of amides is 1. The average molecular weight is 306 g/mol. The van der Waals surface area contributed by atoms with E-state index in [0.717, 1.165) is 19.3 Å². The lowest BCUT2D eigenvalue weighted by Crippen LogP contribution is -2.47. The Hall–Kier alpha value is -1.59. The molecule has 0 bridgehead atoms. The van der Waals surface area contributed by atoms with Gasteiger partial charge in [-0.25, -0.2) is 0 Å². The Labute approximate surface area is 132 Å². The molecular weight excluding hydrogens is 280 g/mol. The molecule has 0 spiro atoms. The predicted molar refractivity (Wildman–Crippen MR) is 87.3 cm³/mol. The monoisotopic (exact) mass is 306 g/mol. The van der Waals surface area contributed by atoms with Gasteiger partial charge >= 0.3 is 0 Å². The van der Waals surface area contributed by atoms with E-state index >= 15 is 0 Å². The number of nitrogens with one attached hydrogen (secondary N) is 2. The molecule has 5 nitrogen and oxygen atoms in total. The van der Waals surface area contributed by atoms with E-state index in [0.29, 0.717) is 37.3 Å². The van der Waals surface area contributed by atoms with Gasteiger partial charge in [0.1, 0.15) is 12.4 Å². The summed E-state index contributed by atoms with van der Waals surface area (Å²) >= 11 is 0. The van der Waals surface area contributed by atoms with Crippen LogP contribution in [0.1, 0.15) is 33.1 Å². The van der Waals surface area contributed by atoms with Gasteiger partial charge in [0.15, 0.2) is 0 Å². The Morgan fingerprint density at radius 2 is 2.14 bits per heavy atom. The van der Waals surface area contributed by atoms with Gasteiger partial charge in [-0.15, -0.1) is 0 Å². The van der Waals surface area contributed by atoms with Gasteiger partial charge in [0.05, 0.1) is 18.3 Å². The molecule has 0 aliphatic carbocycles. The minimum atomic E-state index is -0.125. The summed E-state index contributed by atoms with van der Waals surface area (Å²) in [6, 6.07) is 7.77. The number of para-hydroxylation sites is 2. The van der Waals surface area contributed by atoms with Crippen LogP contribution in [0.2, 0.25) is 0 Å². The molecule has 0 radical (unpaired) electrons. The van der Waals surface area contributed by atoms with E-state index in [9.17, 15) is 4.79 Å². The van der Waals surface area contributed by atoms with E-state index in [2.05, 4.69) is 17.6 Å². The van der Waals surface area contributed by atoms with Crippen molar-refractivity contribution in [3.8, 4) is 5.75 Å². The molecule has 1 saturated heterocycles.